The van der Waals surface area contributed by atoms with E-state index >= 15 is 0 Å². The molecule has 1 N–H and O–H groups in total. The molecule has 1 aromatic heterocycles. The summed E-state index contributed by atoms with van der Waals surface area (Å²) in [6, 6.07) is 8.68. The second kappa shape index (κ2) is 4.52. The van der Waals surface area contributed by atoms with Crippen LogP contribution < -0.4 is 0 Å². The van der Waals surface area contributed by atoms with Gasteiger partial charge in [-0.2, -0.15) is 0 Å². The highest BCUT2D eigenvalue weighted by Gasteiger charge is 2.03. The van der Waals surface area contributed by atoms with Crippen LogP contribution in [0, 0.1) is 0 Å². The lowest BCUT2D eigenvalue weighted by Crippen LogP contribution is -1.87. The average molecular weight is 214 g/mol. The average Bonchev–Trinajstić information content (AvgIpc) is 2.77. The van der Waals surface area contributed by atoms with Crippen LogP contribution in [0.25, 0.3) is 11.3 Å². The van der Waals surface area contributed by atoms with Crippen molar-refractivity contribution in [3.8, 4) is 11.3 Å². The summed E-state index contributed by atoms with van der Waals surface area (Å²) in [7, 11) is 0. The lowest BCUT2D eigenvalue weighted by molar-refractivity contribution is 0.867. The molecule has 0 radical (unpaired) electrons. The van der Waals surface area contributed by atoms with E-state index in [-0.39, 0.29) is 0 Å². The van der Waals surface area contributed by atoms with Crippen molar-refractivity contribution in [2.24, 2.45) is 0 Å². The maximum atomic E-state index is 4.31. The summed E-state index contributed by atoms with van der Waals surface area (Å²) in [5.74, 6) is 1.63. The van der Waals surface area contributed by atoms with E-state index in [1.54, 1.807) is 0 Å². The number of aromatic amines is 1. The number of benzene rings is 1. The fourth-order valence-corrected chi connectivity index (χ4v) is 1.74. The van der Waals surface area contributed by atoms with Crippen LogP contribution in [0.5, 0.6) is 0 Å². The zero-order valence-electron chi connectivity index (χ0n) is 10.1. The molecule has 0 amide bonds. The first-order valence-electron chi connectivity index (χ1n) is 5.85. The van der Waals surface area contributed by atoms with Crippen LogP contribution in [0.4, 0.5) is 0 Å². The van der Waals surface area contributed by atoms with E-state index in [4.69, 9.17) is 0 Å². The number of aryl methyl sites for hydroxylation is 1. The molecule has 0 saturated carbocycles. The fraction of sp³-hybridized carbons (Fsp3) is 0.357. The van der Waals surface area contributed by atoms with Crippen LogP contribution in [0.2, 0.25) is 0 Å². The minimum absolute atomic E-state index is 0.585. The number of nitrogens with one attached hydrogen (secondary N) is 1. The van der Waals surface area contributed by atoms with Crippen molar-refractivity contribution in [2.75, 3.05) is 0 Å². The highest BCUT2D eigenvalue weighted by molar-refractivity contribution is 5.58. The quantitative estimate of drug-likeness (QED) is 0.828. The summed E-state index contributed by atoms with van der Waals surface area (Å²) < 4.78 is 0. The molecule has 2 heteroatoms. The van der Waals surface area contributed by atoms with Crippen LogP contribution in [0.1, 0.15) is 38.1 Å². The van der Waals surface area contributed by atoms with Gasteiger partial charge in [0.05, 0.1) is 11.9 Å². The third kappa shape index (κ3) is 2.16. The Morgan fingerprint density at radius 3 is 2.38 bits per heavy atom. The highest BCUT2D eigenvalue weighted by Crippen LogP contribution is 2.21. The molecular weight excluding hydrogens is 196 g/mol. The Morgan fingerprint density at radius 1 is 1.19 bits per heavy atom. The third-order valence-electron chi connectivity index (χ3n) is 2.85. The molecular formula is C14H18N2. The van der Waals surface area contributed by atoms with Crippen molar-refractivity contribution in [1.82, 2.24) is 9.97 Å². The molecule has 0 saturated heterocycles. The van der Waals surface area contributed by atoms with Gasteiger partial charge in [0.2, 0.25) is 0 Å². The molecule has 1 heterocycles. The largest absolute Gasteiger partial charge is 0.342 e. The van der Waals surface area contributed by atoms with Crippen molar-refractivity contribution < 1.29 is 0 Å². The Hall–Kier alpha value is -1.57. The van der Waals surface area contributed by atoms with Gasteiger partial charge >= 0.3 is 0 Å². The zero-order chi connectivity index (χ0) is 11.5. The van der Waals surface area contributed by atoms with Gasteiger partial charge < -0.3 is 4.98 Å². The predicted molar refractivity (Wildman–Crippen MR) is 67.5 cm³/mol. The smallest absolute Gasteiger partial charge is 0.106 e. The Labute approximate surface area is 96.7 Å². The molecule has 0 aliphatic carbocycles. The fourth-order valence-electron chi connectivity index (χ4n) is 1.74. The molecule has 0 fully saturated rings. The van der Waals surface area contributed by atoms with Crippen molar-refractivity contribution in [1.29, 1.82) is 0 Å². The van der Waals surface area contributed by atoms with E-state index in [9.17, 15) is 0 Å². The van der Waals surface area contributed by atoms with Crippen LogP contribution in [0.3, 0.4) is 0 Å². The summed E-state index contributed by atoms with van der Waals surface area (Å²) in [5.41, 5.74) is 3.68. The van der Waals surface area contributed by atoms with Crippen LogP contribution in [-0.2, 0) is 6.42 Å². The van der Waals surface area contributed by atoms with Gasteiger partial charge in [-0.15, -0.1) is 0 Å². The maximum absolute atomic E-state index is 4.31. The lowest BCUT2D eigenvalue weighted by Gasteiger charge is -2.05. The predicted octanol–water partition coefficient (Wildman–Crippen LogP) is 3.76. The maximum Gasteiger partial charge on any atom is 0.106 e. The van der Waals surface area contributed by atoms with Gasteiger partial charge in [0.25, 0.3) is 0 Å². The summed E-state index contributed by atoms with van der Waals surface area (Å²) in [6.45, 7) is 6.52. The number of H-pyrrole nitrogens is 1. The van der Waals surface area contributed by atoms with Gasteiger partial charge in [0, 0.05) is 6.42 Å². The van der Waals surface area contributed by atoms with Crippen molar-refractivity contribution in [2.45, 2.75) is 33.1 Å². The van der Waals surface area contributed by atoms with E-state index in [0.29, 0.717) is 5.92 Å². The van der Waals surface area contributed by atoms with E-state index in [2.05, 4.69) is 55.0 Å². The molecule has 0 bridgehead atoms. The first kappa shape index (κ1) is 10.9. The Morgan fingerprint density at radius 2 is 1.88 bits per heavy atom. The van der Waals surface area contributed by atoms with Gasteiger partial charge in [-0.25, -0.2) is 4.98 Å². The second-order valence-corrected chi connectivity index (χ2v) is 4.37. The monoisotopic (exact) mass is 214 g/mol. The normalized spacial score (nSPS) is 11.0. The number of hydrogen-bond donors (Lipinski definition) is 1. The molecule has 0 aliphatic rings. The van der Waals surface area contributed by atoms with Crippen LogP contribution >= 0.6 is 0 Å². The molecule has 84 valence electrons. The first-order chi connectivity index (χ1) is 7.70. The number of hydrogen-bond acceptors (Lipinski definition) is 1. The molecule has 0 unspecified atom stereocenters. The zero-order valence-corrected chi connectivity index (χ0v) is 10.1. The SMILES string of the molecule is CCc1ncc(-c2ccc(C(C)C)cc2)[nH]1. The van der Waals surface area contributed by atoms with E-state index in [1.807, 2.05) is 6.20 Å². The summed E-state index contributed by atoms with van der Waals surface area (Å²) in [5, 5.41) is 0. The summed E-state index contributed by atoms with van der Waals surface area (Å²) in [4.78, 5) is 7.63. The Bertz CT molecular complexity index is 452. The lowest BCUT2D eigenvalue weighted by atomic mass is 10.0. The summed E-state index contributed by atoms with van der Waals surface area (Å²) in [6.07, 6.45) is 2.85. The third-order valence-corrected chi connectivity index (χ3v) is 2.85. The number of aromatic nitrogens is 2. The van der Waals surface area contributed by atoms with Crippen molar-refractivity contribution >= 4 is 0 Å². The second-order valence-electron chi connectivity index (χ2n) is 4.37. The molecule has 1 aromatic carbocycles. The van der Waals surface area contributed by atoms with Gasteiger partial charge in [-0.3, -0.25) is 0 Å². The van der Waals surface area contributed by atoms with E-state index in [0.717, 1.165) is 17.9 Å². The number of imidazole rings is 1. The molecule has 2 aromatic rings. The molecule has 0 aliphatic heterocycles. The minimum atomic E-state index is 0.585. The summed E-state index contributed by atoms with van der Waals surface area (Å²) >= 11 is 0. The number of rotatable bonds is 3. The van der Waals surface area contributed by atoms with Crippen LogP contribution in [-0.4, -0.2) is 9.97 Å². The highest BCUT2D eigenvalue weighted by atomic mass is 14.9. The molecule has 2 rings (SSSR count). The molecule has 16 heavy (non-hydrogen) atoms. The van der Waals surface area contributed by atoms with Gasteiger partial charge in [0.15, 0.2) is 0 Å². The first-order valence-corrected chi connectivity index (χ1v) is 5.85. The molecule has 0 atom stereocenters. The number of nitrogens with zero attached hydrogens (tertiary/aromatic N) is 1. The standard InChI is InChI=1S/C14H18N2/c1-4-14-15-9-13(16-14)12-7-5-11(6-8-12)10(2)3/h5-10H,4H2,1-3H3,(H,15,16). The van der Waals surface area contributed by atoms with Crippen molar-refractivity contribution in [3.05, 3.63) is 41.9 Å². The van der Waals surface area contributed by atoms with E-state index in [1.165, 1.54) is 11.1 Å². The topological polar surface area (TPSA) is 28.7 Å². The van der Waals surface area contributed by atoms with Crippen LogP contribution in [0.15, 0.2) is 30.5 Å². The Balaban J connectivity index is 2.27. The minimum Gasteiger partial charge on any atom is -0.342 e. The van der Waals surface area contributed by atoms with E-state index < -0.39 is 0 Å². The van der Waals surface area contributed by atoms with Gasteiger partial charge in [0.1, 0.15) is 5.82 Å². The van der Waals surface area contributed by atoms with Crippen molar-refractivity contribution in [3.63, 3.8) is 0 Å². The van der Waals surface area contributed by atoms with Gasteiger partial charge in [-0.1, -0.05) is 45.0 Å². The molecule has 2 nitrogen and oxygen atoms in total. The molecule has 0 spiro atoms. The van der Waals surface area contributed by atoms with Gasteiger partial charge in [-0.05, 0) is 17.0 Å². The Kier molecular flexibility index (Phi) is 3.09.